The molecule has 0 amide bonds. The van der Waals surface area contributed by atoms with Crippen molar-refractivity contribution >= 4 is 5.71 Å². The summed E-state index contributed by atoms with van der Waals surface area (Å²) in [5, 5.41) is 11.7. The van der Waals surface area contributed by atoms with E-state index >= 15 is 0 Å². The Morgan fingerprint density at radius 2 is 1.38 bits per heavy atom. The van der Waals surface area contributed by atoms with Crippen molar-refractivity contribution in [1.82, 2.24) is 0 Å². The molecule has 0 aromatic heterocycles. The zero-order valence-corrected chi connectivity index (χ0v) is 12.7. The first-order valence-corrected chi connectivity index (χ1v) is 7.58. The summed E-state index contributed by atoms with van der Waals surface area (Å²) < 4.78 is 0.975. The molecule has 2 aromatic carbocycles. The summed E-state index contributed by atoms with van der Waals surface area (Å²) in [6, 6.07) is 15.6. The molecule has 2 aromatic rings. The Hall–Kier alpha value is -2.09. The van der Waals surface area contributed by atoms with Crippen molar-refractivity contribution in [2.24, 2.45) is 0 Å². The number of rotatable bonds is 1. The van der Waals surface area contributed by atoms with E-state index in [1.165, 1.54) is 22.3 Å². The molecule has 0 heterocycles. The molecule has 2 heteroatoms. The molecule has 21 heavy (non-hydrogen) atoms. The molecule has 2 nitrogen and oxygen atoms in total. The van der Waals surface area contributed by atoms with Crippen LogP contribution in [-0.2, 0) is 25.7 Å². The van der Waals surface area contributed by atoms with Crippen LogP contribution in [0.25, 0.3) is 0 Å². The number of hydrogen-bond acceptors (Lipinski definition) is 1. The zero-order valence-electron chi connectivity index (χ0n) is 12.7. The normalized spacial score (nSPS) is 15.3. The summed E-state index contributed by atoms with van der Waals surface area (Å²) in [4.78, 5) is 0. The monoisotopic (exact) mass is 279 g/mol. The van der Waals surface area contributed by atoms with E-state index in [0.717, 1.165) is 41.7 Å². The van der Waals surface area contributed by atoms with Crippen molar-refractivity contribution in [2.75, 3.05) is 7.05 Å². The number of nitrogens with zero attached hydrogens (tertiary/aromatic N) is 1. The van der Waals surface area contributed by atoms with Gasteiger partial charge in [0.1, 0.15) is 7.05 Å². The van der Waals surface area contributed by atoms with Crippen molar-refractivity contribution < 1.29 is 4.74 Å². The van der Waals surface area contributed by atoms with Crippen LogP contribution in [0, 0.1) is 5.21 Å². The van der Waals surface area contributed by atoms with Crippen LogP contribution < -0.4 is 0 Å². The van der Waals surface area contributed by atoms with Gasteiger partial charge in [0.2, 0.25) is 0 Å². The Morgan fingerprint density at radius 3 is 2.00 bits per heavy atom. The molecule has 0 saturated carbocycles. The van der Waals surface area contributed by atoms with Crippen molar-refractivity contribution in [1.29, 1.82) is 0 Å². The summed E-state index contributed by atoms with van der Waals surface area (Å²) in [6.45, 7) is 1.91. The van der Waals surface area contributed by atoms with E-state index in [4.69, 9.17) is 0 Å². The van der Waals surface area contributed by atoms with Gasteiger partial charge in [-0.1, -0.05) is 36.4 Å². The Morgan fingerprint density at radius 1 is 0.857 bits per heavy atom. The van der Waals surface area contributed by atoms with Crippen molar-refractivity contribution in [3.8, 4) is 0 Å². The fraction of sp³-hybridized carbons (Fsp3) is 0.316. The predicted molar refractivity (Wildman–Crippen MR) is 87.0 cm³/mol. The highest BCUT2D eigenvalue weighted by atomic mass is 16.5. The lowest BCUT2D eigenvalue weighted by atomic mass is 9.92. The van der Waals surface area contributed by atoms with Gasteiger partial charge in [0, 0.05) is 12.5 Å². The first-order chi connectivity index (χ1) is 10.1. The summed E-state index contributed by atoms with van der Waals surface area (Å²) in [6.07, 6.45) is 4.05. The molecule has 108 valence electrons. The average molecular weight is 279 g/mol. The van der Waals surface area contributed by atoms with Gasteiger partial charge in [0.25, 0.3) is 0 Å². The summed E-state index contributed by atoms with van der Waals surface area (Å²) in [7, 11) is 1.58. The van der Waals surface area contributed by atoms with Crippen molar-refractivity contribution in [3.63, 3.8) is 0 Å². The van der Waals surface area contributed by atoms with Gasteiger partial charge in [0.15, 0.2) is 5.71 Å². The molecule has 6 rings (SSSR count). The minimum absolute atomic E-state index is 0.804. The lowest BCUT2D eigenvalue weighted by Gasteiger charge is -2.14. The first kappa shape index (κ1) is 13.9. The average Bonchev–Trinajstić information content (AvgIpc) is 2.49. The van der Waals surface area contributed by atoms with Crippen LogP contribution >= 0.6 is 0 Å². The number of hydrogen-bond donors (Lipinski definition) is 0. The van der Waals surface area contributed by atoms with Crippen molar-refractivity contribution in [2.45, 2.75) is 32.6 Å². The third-order valence-electron chi connectivity index (χ3n) is 4.44. The fourth-order valence-corrected chi connectivity index (χ4v) is 2.94. The highest BCUT2D eigenvalue weighted by Crippen LogP contribution is 2.19. The molecule has 0 aliphatic heterocycles. The third-order valence-corrected chi connectivity index (χ3v) is 4.44. The molecule has 0 atom stereocenters. The molecule has 0 fully saturated rings. The van der Waals surface area contributed by atoms with Crippen LogP contribution in [0.5, 0.6) is 0 Å². The summed E-state index contributed by atoms with van der Waals surface area (Å²) >= 11 is 0. The second-order valence-corrected chi connectivity index (χ2v) is 5.89. The first-order valence-electron chi connectivity index (χ1n) is 7.58. The molecule has 0 saturated heterocycles. The fourth-order valence-electron chi connectivity index (χ4n) is 2.94. The standard InChI is InChI=1S/C19H21NO/c1-14(20(2)21)19-13-17-8-7-15-3-5-16(6-4-15)9-11-18(19)12-10-17/h3-6,10,12-13H,7-9,11H2,1-2H3/b20-14+. The van der Waals surface area contributed by atoms with E-state index in [-0.39, 0.29) is 0 Å². The predicted octanol–water partition coefficient (Wildman–Crippen LogP) is 3.52. The maximum absolute atomic E-state index is 11.7. The second kappa shape index (κ2) is 5.72. The Bertz CT molecular complexity index is 679. The number of hydroxylamine groups is 1. The second-order valence-electron chi connectivity index (χ2n) is 5.89. The number of aryl methyl sites for hydroxylation is 4. The van der Waals surface area contributed by atoms with Gasteiger partial charge in [-0.2, -0.15) is 0 Å². The van der Waals surface area contributed by atoms with Crippen LogP contribution in [-0.4, -0.2) is 17.5 Å². The van der Waals surface area contributed by atoms with Gasteiger partial charge < -0.3 is 5.21 Å². The summed E-state index contributed by atoms with van der Waals surface area (Å²) in [5.74, 6) is 0. The third kappa shape index (κ3) is 2.99. The van der Waals surface area contributed by atoms with Gasteiger partial charge in [-0.05, 0) is 54.0 Å². The van der Waals surface area contributed by atoms with E-state index in [2.05, 4.69) is 42.5 Å². The molecule has 0 radical (unpaired) electrons. The quantitative estimate of drug-likeness (QED) is 0.339. The van der Waals surface area contributed by atoms with Gasteiger partial charge in [0.05, 0.1) is 0 Å². The van der Waals surface area contributed by atoms with E-state index in [9.17, 15) is 5.21 Å². The minimum Gasteiger partial charge on any atom is -0.624 e. The molecule has 0 spiro atoms. The summed E-state index contributed by atoms with van der Waals surface area (Å²) in [5.41, 5.74) is 7.23. The largest absolute Gasteiger partial charge is 0.624 e. The highest BCUT2D eigenvalue weighted by molar-refractivity contribution is 5.96. The van der Waals surface area contributed by atoms with Crippen molar-refractivity contribution in [3.05, 3.63) is 75.5 Å². The van der Waals surface area contributed by atoms with Gasteiger partial charge >= 0.3 is 0 Å². The topological polar surface area (TPSA) is 26.1 Å². The SMILES string of the molecule is C/C(c1cc2ccc1CCc1ccc(cc1)CC2)=[N+](/C)[O-]. The Kier molecular flexibility index (Phi) is 3.78. The van der Waals surface area contributed by atoms with Crippen LogP contribution in [0.1, 0.15) is 34.7 Å². The van der Waals surface area contributed by atoms with Crippen LogP contribution in [0.15, 0.2) is 42.5 Å². The van der Waals surface area contributed by atoms with E-state index in [0.29, 0.717) is 0 Å². The Labute approximate surface area is 126 Å². The molecule has 0 unspecified atom stereocenters. The van der Waals surface area contributed by atoms with E-state index in [1.54, 1.807) is 7.05 Å². The van der Waals surface area contributed by atoms with Gasteiger partial charge in [-0.25, -0.2) is 4.74 Å². The lowest BCUT2D eigenvalue weighted by Crippen LogP contribution is -2.13. The van der Waals surface area contributed by atoms with E-state index in [1.807, 2.05) is 6.92 Å². The molecule has 0 N–H and O–H groups in total. The molecule has 4 aliphatic carbocycles. The molecule has 4 aliphatic rings. The van der Waals surface area contributed by atoms with Crippen LogP contribution in [0.3, 0.4) is 0 Å². The maximum Gasteiger partial charge on any atom is 0.191 e. The zero-order chi connectivity index (χ0) is 14.8. The molecular formula is C19H21NO. The van der Waals surface area contributed by atoms with Crippen LogP contribution in [0.4, 0.5) is 0 Å². The smallest absolute Gasteiger partial charge is 0.191 e. The van der Waals surface area contributed by atoms with Gasteiger partial charge in [-0.15, -0.1) is 0 Å². The molecular weight excluding hydrogens is 258 g/mol. The van der Waals surface area contributed by atoms with E-state index < -0.39 is 0 Å². The number of benzene rings is 2. The van der Waals surface area contributed by atoms with Gasteiger partial charge in [-0.3, -0.25) is 0 Å². The lowest BCUT2D eigenvalue weighted by molar-refractivity contribution is -0.422. The molecule has 4 bridgehead atoms. The minimum atomic E-state index is 0.804. The highest BCUT2D eigenvalue weighted by Gasteiger charge is 2.13. The van der Waals surface area contributed by atoms with Crippen LogP contribution in [0.2, 0.25) is 0 Å². The Balaban J connectivity index is 2.06. The maximum atomic E-state index is 11.7.